The first-order valence-corrected chi connectivity index (χ1v) is 14.6. The number of hydrogen-bond acceptors (Lipinski definition) is 7. The molecule has 3 fully saturated rings. The summed E-state index contributed by atoms with van der Waals surface area (Å²) in [7, 11) is 0. The Morgan fingerprint density at radius 3 is 2.10 bits per heavy atom. The van der Waals surface area contributed by atoms with E-state index < -0.39 is 63.9 Å². The quantitative estimate of drug-likeness (QED) is 0.193. The molecule has 218 valence electrons. The summed E-state index contributed by atoms with van der Waals surface area (Å²) in [5, 5.41) is 16.8. The van der Waals surface area contributed by atoms with Crippen molar-refractivity contribution >= 4 is 47.3 Å². The number of thioether (sulfide) groups is 1. The summed E-state index contributed by atoms with van der Waals surface area (Å²) in [5.41, 5.74) is 3.06. The largest absolute Gasteiger partial charge is 0.480 e. The summed E-state index contributed by atoms with van der Waals surface area (Å²) in [4.78, 5) is 77.4. The first-order valence-electron chi connectivity index (χ1n) is 13.7. The van der Waals surface area contributed by atoms with Crippen LogP contribution in [0.4, 0.5) is 4.79 Å². The average molecular weight is 568 g/mol. The molecular formula is C26H41N5O7S. The number of primary amides is 1. The number of aliphatic carboxylic acids is 1. The van der Waals surface area contributed by atoms with E-state index in [0.29, 0.717) is 38.5 Å². The molecule has 1 saturated heterocycles. The van der Waals surface area contributed by atoms with Gasteiger partial charge in [0.25, 0.3) is 11.7 Å². The van der Waals surface area contributed by atoms with Crippen LogP contribution >= 0.6 is 11.8 Å². The lowest BCUT2D eigenvalue weighted by Crippen LogP contribution is -2.63. The summed E-state index contributed by atoms with van der Waals surface area (Å²) in [6.07, 6.45) is 6.52. The van der Waals surface area contributed by atoms with Crippen LogP contribution in [0.5, 0.6) is 0 Å². The first kappa shape index (κ1) is 30.7. The molecule has 6 N–H and O–H groups in total. The van der Waals surface area contributed by atoms with Crippen molar-refractivity contribution in [1.29, 1.82) is 0 Å². The molecule has 2 aliphatic carbocycles. The molecule has 3 atom stereocenters. The van der Waals surface area contributed by atoms with Crippen molar-refractivity contribution in [3.63, 3.8) is 0 Å². The number of likely N-dealkylation sites (tertiary alicyclic amines) is 1. The van der Waals surface area contributed by atoms with E-state index in [0.717, 1.165) is 25.7 Å². The average Bonchev–Trinajstić information content (AvgIpc) is 3.33. The van der Waals surface area contributed by atoms with Gasteiger partial charge < -0.3 is 31.7 Å². The molecule has 0 aromatic carbocycles. The van der Waals surface area contributed by atoms with Crippen molar-refractivity contribution < 1.29 is 33.9 Å². The van der Waals surface area contributed by atoms with E-state index in [2.05, 4.69) is 16.0 Å². The van der Waals surface area contributed by atoms with Crippen LogP contribution in [0.1, 0.15) is 85.0 Å². The van der Waals surface area contributed by atoms with Crippen molar-refractivity contribution in [3.8, 4) is 0 Å². The van der Waals surface area contributed by atoms with Crippen LogP contribution in [0.15, 0.2) is 0 Å². The molecule has 0 aromatic rings. The lowest BCUT2D eigenvalue weighted by molar-refractivity contribution is -0.145. The third-order valence-electron chi connectivity index (χ3n) is 7.83. The van der Waals surface area contributed by atoms with Crippen LogP contribution in [0.25, 0.3) is 0 Å². The zero-order chi connectivity index (χ0) is 29.0. The van der Waals surface area contributed by atoms with Gasteiger partial charge in [-0.25, -0.2) is 9.59 Å². The van der Waals surface area contributed by atoms with Gasteiger partial charge in [0, 0.05) is 11.8 Å². The Hall–Kier alpha value is -2.83. The maximum Gasteiger partial charge on any atom is 0.329 e. The zero-order valence-electron chi connectivity index (χ0n) is 22.9. The molecule has 5 amide bonds. The normalized spacial score (nSPS) is 22.6. The molecule has 1 aliphatic heterocycles. The fourth-order valence-corrected chi connectivity index (χ4v) is 6.68. The number of hydrogen-bond donors (Lipinski definition) is 5. The summed E-state index contributed by atoms with van der Waals surface area (Å²) in [5.74, 6) is -4.17. The standard InChI is InChI=1S/C26H41N5O7S/c1-25(2,3)18(28-24(38)30-26(23(36)37)12-5-4-6-13-26)22(35)31-14-8-11-16(31)20(34)29-21(17(32)19(27)33)39-15-9-7-10-15/h15-16,18,21H,4-14H2,1-3H3,(H2,27,33)(H,29,34)(H,36,37)(H2,28,30,38). The van der Waals surface area contributed by atoms with Crippen LogP contribution in [0.2, 0.25) is 0 Å². The highest BCUT2D eigenvalue weighted by atomic mass is 32.2. The fraction of sp³-hybridized carbons (Fsp3) is 0.769. The Morgan fingerprint density at radius 1 is 0.949 bits per heavy atom. The summed E-state index contributed by atoms with van der Waals surface area (Å²) in [6, 6.07) is -2.69. The molecule has 12 nitrogen and oxygen atoms in total. The van der Waals surface area contributed by atoms with Gasteiger partial charge in [-0.2, -0.15) is 0 Å². The van der Waals surface area contributed by atoms with Gasteiger partial charge in [-0.15, -0.1) is 11.8 Å². The number of carboxylic acid groups (broad SMARTS) is 1. The molecule has 0 radical (unpaired) electrons. The molecule has 0 bridgehead atoms. The molecular weight excluding hydrogens is 526 g/mol. The molecule has 3 rings (SSSR count). The molecule has 0 aromatic heterocycles. The monoisotopic (exact) mass is 567 g/mol. The van der Waals surface area contributed by atoms with E-state index in [-0.39, 0.29) is 11.8 Å². The maximum atomic E-state index is 13.8. The lowest BCUT2D eigenvalue weighted by Gasteiger charge is -2.38. The Kier molecular flexibility index (Phi) is 9.89. The van der Waals surface area contributed by atoms with Crippen LogP contribution in [-0.4, -0.2) is 80.3 Å². The topological polar surface area (TPSA) is 188 Å². The highest BCUT2D eigenvalue weighted by molar-refractivity contribution is 8.01. The van der Waals surface area contributed by atoms with Crippen LogP contribution < -0.4 is 21.7 Å². The van der Waals surface area contributed by atoms with Crippen molar-refractivity contribution in [1.82, 2.24) is 20.9 Å². The second kappa shape index (κ2) is 12.6. The second-order valence-corrected chi connectivity index (χ2v) is 13.3. The van der Waals surface area contributed by atoms with Gasteiger partial charge in [0.2, 0.25) is 11.8 Å². The number of nitrogens with one attached hydrogen (secondary N) is 3. The number of amides is 5. The minimum absolute atomic E-state index is 0.145. The number of rotatable bonds is 10. The molecule has 2 saturated carbocycles. The predicted molar refractivity (Wildman–Crippen MR) is 144 cm³/mol. The van der Waals surface area contributed by atoms with Crippen molar-refractivity contribution in [2.24, 2.45) is 11.1 Å². The zero-order valence-corrected chi connectivity index (χ0v) is 23.7. The Bertz CT molecular complexity index is 988. The Labute approximate surface area is 232 Å². The number of Topliss-reactive ketones (excluding diaryl/α,β-unsaturated/α-hetero) is 1. The van der Waals surface area contributed by atoms with Gasteiger partial charge in [-0.05, 0) is 43.9 Å². The van der Waals surface area contributed by atoms with Gasteiger partial charge in [0.05, 0.1) is 0 Å². The van der Waals surface area contributed by atoms with E-state index in [1.807, 2.05) is 0 Å². The number of carbonyl (C=O) groups excluding carboxylic acids is 5. The highest BCUT2D eigenvalue weighted by Crippen LogP contribution is 2.34. The van der Waals surface area contributed by atoms with Crippen LogP contribution in [0.3, 0.4) is 0 Å². The second-order valence-electron chi connectivity index (χ2n) is 11.8. The maximum absolute atomic E-state index is 13.8. The van der Waals surface area contributed by atoms with Crippen molar-refractivity contribution in [2.45, 2.75) is 113 Å². The summed E-state index contributed by atoms with van der Waals surface area (Å²) in [6.45, 7) is 5.58. The first-order chi connectivity index (χ1) is 18.2. The molecule has 3 unspecified atom stereocenters. The fourth-order valence-electron chi connectivity index (χ4n) is 5.27. The lowest BCUT2D eigenvalue weighted by atomic mass is 9.81. The number of nitrogens with two attached hydrogens (primary N) is 1. The van der Waals surface area contributed by atoms with Gasteiger partial charge in [-0.1, -0.05) is 46.5 Å². The number of urea groups is 1. The number of nitrogens with zero attached hydrogens (tertiary/aromatic N) is 1. The number of carbonyl (C=O) groups is 6. The van der Waals surface area contributed by atoms with E-state index in [9.17, 15) is 33.9 Å². The Morgan fingerprint density at radius 2 is 1.59 bits per heavy atom. The number of carboxylic acids is 1. The minimum Gasteiger partial charge on any atom is -0.480 e. The van der Waals surface area contributed by atoms with Crippen LogP contribution in [-0.2, 0) is 24.0 Å². The molecule has 0 spiro atoms. The van der Waals surface area contributed by atoms with E-state index in [1.165, 1.54) is 16.7 Å². The van der Waals surface area contributed by atoms with Crippen molar-refractivity contribution in [2.75, 3.05) is 6.54 Å². The van der Waals surface area contributed by atoms with Gasteiger partial charge in [0.15, 0.2) is 0 Å². The third kappa shape index (κ3) is 7.43. The Balaban J connectivity index is 1.72. The third-order valence-corrected chi connectivity index (χ3v) is 9.29. The predicted octanol–water partition coefficient (Wildman–Crippen LogP) is 1.26. The van der Waals surface area contributed by atoms with Crippen molar-refractivity contribution in [3.05, 3.63) is 0 Å². The van der Waals surface area contributed by atoms with E-state index in [4.69, 9.17) is 5.73 Å². The molecule has 1 heterocycles. The summed E-state index contributed by atoms with van der Waals surface area (Å²) < 4.78 is 0. The van der Waals surface area contributed by atoms with E-state index in [1.54, 1.807) is 20.8 Å². The van der Waals surface area contributed by atoms with Crippen LogP contribution in [0, 0.1) is 5.41 Å². The van der Waals surface area contributed by atoms with E-state index >= 15 is 0 Å². The highest BCUT2D eigenvalue weighted by Gasteiger charge is 2.45. The molecule has 39 heavy (non-hydrogen) atoms. The summed E-state index contributed by atoms with van der Waals surface area (Å²) >= 11 is 1.20. The van der Waals surface area contributed by atoms with Gasteiger partial charge >= 0.3 is 12.0 Å². The number of ketones is 1. The molecule has 13 heteroatoms. The minimum atomic E-state index is -1.38. The smallest absolute Gasteiger partial charge is 0.329 e. The van der Waals surface area contributed by atoms with Gasteiger partial charge in [-0.3, -0.25) is 19.2 Å². The molecule has 3 aliphatic rings. The SMILES string of the molecule is CC(C)(C)C(NC(=O)NC1(C(=O)O)CCCCC1)C(=O)N1CCCC1C(=O)NC(SC1CCC1)C(=O)C(N)=O. The van der Waals surface area contributed by atoms with Gasteiger partial charge in [0.1, 0.15) is 23.0 Å².